The fourth-order valence-electron chi connectivity index (χ4n) is 0.275. The minimum Gasteiger partial charge on any atom is -0.475 e. The number of hydrogen-bond donors (Lipinski definition) is 1. The highest BCUT2D eigenvalue weighted by Crippen LogP contribution is 2.02. The average molecular weight is 165 g/mol. The fourth-order valence-corrected chi connectivity index (χ4v) is 0.659. The Hall–Kier alpha value is 0.200. The molecule has 0 saturated heterocycles. The Morgan fingerprint density at radius 2 is 2.44 bits per heavy atom. The lowest BCUT2D eigenvalue weighted by molar-refractivity contribution is 0.217. The summed E-state index contributed by atoms with van der Waals surface area (Å²) >= 11 is 5.69. The Bertz CT molecular complexity index is 97.0. The van der Waals surface area contributed by atoms with Crippen LogP contribution >= 0.6 is 24.2 Å². The number of rotatable bonds is 2. The van der Waals surface area contributed by atoms with E-state index in [1.807, 2.05) is 13.8 Å². The van der Waals surface area contributed by atoms with Crippen molar-refractivity contribution in [3.05, 3.63) is 0 Å². The van der Waals surface area contributed by atoms with Crippen molar-refractivity contribution in [2.45, 2.75) is 26.4 Å². The molecule has 9 heavy (non-hydrogen) atoms. The van der Waals surface area contributed by atoms with E-state index in [0.29, 0.717) is 4.38 Å². The third kappa shape index (κ3) is 4.69. The minimum atomic E-state index is 0.188. The second-order valence-corrected chi connectivity index (χ2v) is 2.94. The van der Waals surface area contributed by atoms with Crippen molar-refractivity contribution >= 4 is 28.5 Å². The smallest absolute Gasteiger partial charge is 0.235 e. The zero-order valence-electron chi connectivity index (χ0n) is 5.59. The van der Waals surface area contributed by atoms with Crippen molar-refractivity contribution in [1.29, 1.82) is 0 Å². The molecule has 1 atom stereocenters. The van der Waals surface area contributed by atoms with Gasteiger partial charge >= 0.3 is 0 Å². The molecule has 0 aromatic heterocycles. The van der Waals surface area contributed by atoms with Crippen LogP contribution < -0.4 is 5.14 Å². The number of ether oxygens (including phenoxy) is 1. The van der Waals surface area contributed by atoms with Gasteiger partial charge in [0.25, 0.3) is 0 Å². The summed E-state index contributed by atoms with van der Waals surface area (Å²) in [6, 6.07) is 0. The van der Waals surface area contributed by atoms with Gasteiger partial charge in [0.15, 0.2) is 0 Å². The highest BCUT2D eigenvalue weighted by atomic mass is 32.2. The van der Waals surface area contributed by atoms with Gasteiger partial charge in [-0.2, -0.15) is 0 Å². The molecule has 2 N–H and O–H groups in total. The molecule has 0 radical (unpaired) electrons. The van der Waals surface area contributed by atoms with E-state index in [1.54, 1.807) is 0 Å². The van der Waals surface area contributed by atoms with Crippen LogP contribution in [0, 0.1) is 0 Å². The van der Waals surface area contributed by atoms with Crippen molar-refractivity contribution in [2.75, 3.05) is 0 Å². The molecule has 0 aromatic rings. The molecular weight excluding hydrogens is 154 g/mol. The van der Waals surface area contributed by atoms with E-state index in [2.05, 4.69) is 0 Å². The third-order valence-corrected chi connectivity index (χ3v) is 1.64. The molecule has 0 bridgehead atoms. The molecule has 0 amide bonds. The molecule has 0 aliphatic rings. The molecule has 0 fully saturated rings. The van der Waals surface area contributed by atoms with Crippen LogP contribution in [0.1, 0.15) is 20.3 Å². The normalized spacial score (nSPS) is 12.8. The predicted octanol–water partition coefficient (Wildman–Crippen LogP) is 1.69. The van der Waals surface area contributed by atoms with E-state index in [4.69, 9.17) is 22.1 Å². The van der Waals surface area contributed by atoms with E-state index >= 15 is 0 Å². The van der Waals surface area contributed by atoms with Gasteiger partial charge in [0, 0.05) is 11.9 Å². The molecule has 1 unspecified atom stereocenters. The largest absolute Gasteiger partial charge is 0.475 e. The van der Waals surface area contributed by atoms with Gasteiger partial charge < -0.3 is 4.74 Å². The monoisotopic (exact) mass is 165 g/mol. The molecule has 54 valence electrons. The van der Waals surface area contributed by atoms with Crippen LogP contribution in [0.25, 0.3) is 0 Å². The van der Waals surface area contributed by atoms with Gasteiger partial charge in [-0.25, -0.2) is 0 Å². The third-order valence-electron chi connectivity index (χ3n) is 0.969. The Morgan fingerprint density at radius 1 is 1.89 bits per heavy atom. The molecule has 0 spiro atoms. The molecule has 4 heteroatoms. The first-order valence-corrected chi connectivity index (χ1v) is 4.06. The summed E-state index contributed by atoms with van der Waals surface area (Å²) in [7, 11) is 0. The minimum absolute atomic E-state index is 0.188. The summed E-state index contributed by atoms with van der Waals surface area (Å²) in [5.41, 5.74) is 0. The lowest BCUT2D eigenvalue weighted by Gasteiger charge is -2.09. The predicted molar refractivity (Wildman–Crippen MR) is 45.2 cm³/mol. The maximum absolute atomic E-state index is 5.13. The molecule has 0 aromatic carbocycles. The topological polar surface area (TPSA) is 35.2 Å². The van der Waals surface area contributed by atoms with Crippen molar-refractivity contribution in [2.24, 2.45) is 5.14 Å². The highest BCUT2D eigenvalue weighted by Gasteiger charge is 2.00. The second kappa shape index (κ2) is 5.02. The lowest BCUT2D eigenvalue weighted by Crippen LogP contribution is -2.10. The van der Waals surface area contributed by atoms with Crippen LogP contribution in [0.15, 0.2) is 0 Å². The number of nitrogens with two attached hydrogens (primary N) is 1. The van der Waals surface area contributed by atoms with Gasteiger partial charge in [0.05, 0.1) is 6.10 Å². The second-order valence-electron chi connectivity index (χ2n) is 1.70. The molecule has 0 saturated carbocycles. The van der Waals surface area contributed by atoms with Crippen LogP contribution in [0.4, 0.5) is 0 Å². The molecule has 0 aliphatic heterocycles. The van der Waals surface area contributed by atoms with E-state index in [9.17, 15) is 0 Å². The summed E-state index contributed by atoms with van der Waals surface area (Å²) in [6.07, 6.45) is 1.15. The zero-order valence-corrected chi connectivity index (χ0v) is 7.22. The summed E-state index contributed by atoms with van der Waals surface area (Å²) < 4.78 is 5.54. The Balaban J connectivity index is 3.34. The average Bonchev–Trinajstić information content (AvgIpc) is 1.87. The van der Waals surface area contributed by atoms with Crippen molar-refractivity contribution in [1.82, 2.24) is 0 Å². The van der Waals surface area contributed by atoms with Crippen LogP contribution in [-0.4, -0.2) is 10.5 Å². The summed E-state index contributed by atoms with van der Waals surface area (Å²) in [6.45, 7) is 4.00. The maximum atomic E-state index is 5.13. The van der Waals surface area contributed by atoms with Gasteiger partial charge in [0.2, 0.25) is 4.38 Å². The van der Waals surface area contributed by atoms with E-state index in [0.717, 1.165) is 18.4 Å². The van der Waals surface area contributed by atoms with E-state index in [1.165, 1.54) is 0 Å². The van der Waals surface area contributed by atoms with Gasteiger partial charge in [-0.1, -0.05) is 6.92 Å². The summed E-state index contributed by atoms with van der Waals surface area (Å²) in [5, 5.41) is 5.13. The number of thiocarbonyl (C=S) groups is 1. The molecule has 0 heterocycles. The van der Waals surface area contributed by atoms with Crippen LogP contribution in [-0.2, 0) is 4.74 Å². The fraction of sp³-hybridized carbons (Fsp3) is 0.800. The lowest BCUT2D eigenvalue weighted by atomic mass is 10.3. The Labute approximate surface area is 65.3 Å². The highest BCUT2D eigenvalue weighted by molar-refractivity contribution is 8.21. The number of hydrogen-bond acceptors (Lipinski definition) is 4. The quantitative estimate of drug-likeness (QED) is 0.499. The van der Waals surface area contributed by atoms with Crippen LogP contribution in [0.2, 0.25) is 0 Å². The maximum Gasteiger partial charge on any atom is 0.235 e. The van der Waals surface area contributed by atoms with Gasteiger partial charge in [0.1, 0.15) is 0 Å². The van der Waals surface area contributed by atoms with E-state index < -0.39 is 0 Å². The van der Waals surface area contributed by atoms with Crippen molar-refractivity contribution in [3.63, 3.8) is 0 Å². The summed E-state index contributed by atoms with van der Waals surface area (Å²) in [4.78, 5) is 0. The summed E-state index contributed by atoms with van der Waals surface area (Å²) in [5.74, 6) is 0. The molecule has 2 nitrogen and oxygen atoms in total. The standard InChI is InChI=1S/C5H11NOS2/c1-3-4(2)7-5(8)9-6/h4H,3,6H2,1-2H3. The molecule has 0 rings (SSSR count). The first kappa shape index (κ1) is 9.20. The SMILES string of the molecule is CCC(C)OC(=S)SN. The molecular formula is C5H11NOS2. The van der Waals surface area contributed by atoms with Gasteiger partial charge in [-0.15, -0.1) is 0 Å². The van der Waals surface area contributed by atoms with E-state index in [-0.39, 0.29) is 6.10 Å². The first-order valence-electron chi connectivity index (χ1n) is 2.78. The zero-order chi connectivity index (χ0) is 7.28. The molecule has 0 aliphatic carbocycles. The van der Waals surface area contributed by atoms with Gasteiger partial charge in [-0.3, -0.25) is 5.14 Å². The van der Waals surface area contributed by atoms with Crippen molar-refractivity contribution in [3.8, 4) is 0 Å². The van der Waals surface area contributed by atoms with Crippen LogP contribution in [0.3, 0.4) is 0 Å². The Morgan fingerprint density at radius 3 is 2.78 bits per heavy atom. The van der Waals surface area contributed by atoms with Crippen LogP contribution in [0.5, 0.6) is 0 Å². The van der Waals surface area contributed by atoms with Gasteiger partial charge in [-0.05, 0) is 25.6 Å². The van der Waals surface area contributed by atoms with Crippen molar-refractivity contribution < 1.29 is 4.74 Å². The first-order chi connectivity index (χ1) is 4.20. The Kier molecular flexibility index (Phi) is 5.13.